The maximum atomic E-state index is 13.9. The van der Waals surface area contributed by atoms with Gasteiger partial charge in [0.1, 0.15) is 57.7 Å². The molecule has 0 aliphatic carbocycles. The minimum absolute atomic E-state index is 0.0244. The third-order valence-electron chi connectivity index (χ3n) is 29.9. The fourth-order valence-corrected chi connectivity index (χ4v) is 21.2. The number of hydrogen-bond acceptors (Lipinski definition) is 16. The number of rotatable bonds is 18. The van der Waals surface area contributed by atoms with Crippen molar-refractivity contribution in [1.82, 2.24) is 89.2 Å². The Balaban J connectivity index is 0.000000132. The summed E-state index contributed by atoms with van der Waals surface area (Å²) in [5, 5.41) is 21.9. The van der Waals surface area contributed by atoms with E-state index in [2.05, 4.69) is 184 Å². The molecule has 0 radical (unpaired) electrons. The predicted octanol–water partition coefficient (Wildman–Crippen LogP) is 21.7. The number of carbonyl (C=O) groups excluding carboxylic acids is 4. The van der Waals surface area contributed by atoms with E-state index in [1.165, 1.54) is 24.3 Å². The van der Waals surface area contributed by atoms with Crippen LogP contribution < -0.4 is 21.3 Å². The molecule has 28 heteroatoms. The molecular weight excluding hydrogens is 1810 g/mol. The molecule has 4 fully saturated rings. The highest BCUT2D eigenvalue weighted by molar-refractivity contribution is 6.02. The second kappa shape index (κ2) is 42.0. The quantitative estimate of drug-likeness (QED) is 0.0461. The van der Waals surface area contributed by atoms with E-state index in [4.69, 9.17) is 0 Å². The van der Waals surface area contributed by atoms with E-state index in [9.17, 15) is 36.7 Å². The first kappa shape index (κ1) is 101. The summed E-state index contributed by atoms with van der Waals surface area (Å²) in [6.45, 7) is 37.6. The first-order chi connectivity index (χ1) is 68.7. The molecule has 20 rings (SSSR count). The summed E-state index contributed by atoms with van der Waals surface area (Å²) in [6.07, 6.45) is 32.4. The number of halogens is 4. The van der Waals surface area contributed by atoms with Gasteiger partial charge in [-0.05, 0) is 354 Å². The molecule has 1 atom stereocenters. The highest BCUT2D eigenvalue weighted by Crippen LogP contribution is 2.43. The molecule has 4 aromatic carbocycles. The zero-order chi connectivity index (χ0) is 102. The number of hydrogen-bond donors (Lipinski definition) is 4. The number of likely N-dealkylation sites (tertiary alicyclic amines) is 4. The van der Waals surface area contributed by atoms with E-state index in [-0.39, 0.29) is 99.3 Å². The molecule has 0 spiro atoms. The first-order valence-electron chi connectivity index (χ1n) is 49.8. The van der Waals surface area contributed by atoms with E-state index >= 15 is 0 Å². The number of fused-ring (bicyclic) bond motifs is 4. The van der Waals surface area contributed by atoms with Crippen LogP contribution in [0.4, 0.5) is 17.6 Å². The molecule has 744 valence electrons. The Kier molecular flexibility index (Phi) is 29.6. The number of carbonyl (C=O) groups is 4. The summed E-state index contributed by atoms with van der Waals surface area (Å²) < 4.78 is 62.7. The summed E-state index contributed by atoms with van der Waals surface area (Å²) in [5.74, 6) is -1.38. The molecular formula is C116H129F4N20O4+. The van der Waals surface area contributed by atoms with Crippen LogP contribution in [0.5, 0.6) is 0 Å². The minimum Gasteiger partial charge on any atom is -0.349 e. The fourth-order valence-electron chi connectivity index (χ4n) is 21.2. The van der Waals surface area contributed by atoms with E-state index in [1.54, 1.807) is 123 Å². The van der Waals surface area contributed by atoms with Crippen LogP contribution >= 0.6 is 0 Å². The smallest absolute Gasteiger partial charge is 0.270 e. The van der Waals surface area contributed by atoms with Gasteiger partial charge in [-0.2, -0.15) is 5.10 Å². The molecule has 6 aliphatic heterocycles. The summed E-state index contributed by atoms with van der Waals surface area (Å²) >= 11 is 0. The van der Waals surface area contributed by atoms with Crippen molar-refractivity contribution in [3.05, 3.63) is 318 Å². The van der Waals surface area contributed by atoms with Crippen molar-refractivity contribution >= 4 is 46.0 Å². The number of nitrogens with zero attached hydrogens (tertiary/aromatic N) is 16. The molecule has 24 nitrogen and oxygen atoms in total. The van der Waals surface area contributed by atoms with Gasteiger partial charge in [0.05, 0.1) is 52.4 Å². The molecule has 0 bridgehead atoms. The Morgan fingerprint density at radius 2 is 0.771 bits per heavy atom. The maximum Gasteiger partial charge on any atom is 0.270 e. The van der Waals surface area contributed by atoms with Crippen LogP contribution in [-0.4, -0.2) is 201 Å². The van der Waals surface area contributed by atoms with Crippen LogP contribution in [0.1, 0.15) is 194 Å². The SMILES string of the molecule is Cc1cc(-c2ncccc2-c2ccc3ncc(C(=O)NC4CC(C)(C)N(C)C(C)(C)C4)n3c2)ccc1F.Cc1cc(-c2ncccc2-c2ccc3ncc(C(=O)NC4CCN(C(C)C)CC4)n3c2)ccc1F.Cc1cc(-c2ncccc2-c2ccn3ncc(C(=O)NC4CC(C)(C)N(C)C(C)(C)C4)c3c2)ccc1F.Cc1cc(-c2ncccc2C2=CC3C(C(=O)NC4CCN(C(C)C)CC4)=CN=[N+]3C=C2)ccc1F. The lowest BCUT2D eigenvalue weighted by Crippen LogP contribution is -2.62. The van der Waals surface area contributed by atoms with Crippen molar-refractivity contribution in [3.8, 4) is 78.4 Å². The lowest BCUT2D eigenvalue weighted by atomic mass is 9.77. The number of azo groups is 2. The van der Waals surface area contributed by atoms with Crippen molar-refractivity contribution in [2.75, 3.05) is 40.3 Å². The zero-order valence-corrected chi connectivity index (χ0v) is 85.4. The third-order valence-corrected chi connectivity index (χ3v) is 29.9. The van der Waals surface area contributed by atoms with Gasteiger partial charge in [-0.15, -0.1) is 0 Å². The van der Waals surface area contributed by atoms with Crippen LogP contribution in [0.15, 0.2) is 255 Å². The average Bonchev–Trinajstić information content (AvgIpc) is 1.53. The summed E-state index contributed by atoms with van der Waals surface area (Å²) in [4.78, 5) is 90.3. The number of aromatic nitrogens is 10. The highest BCUT2D eigenvalue weighted by atomic mass is 19.1. The molecule has 144 heavy (non-hydrogen) atoms. The van der Waals surface area contributed by atoms with Crippen molar-refractivity contribution in [1.29, 1.82) is 0 Å². The second-order valence-corrected chi connectivity index (χ2v) is 42.1. The third kappa shape index (κ3) is 22.0. The Hall–Kier alpha value is -14.2. The van der Waals surface area contributed by atoms with Gasteiger partial charge >= 0.3 is 0 Å². The molecule has 0 saturated carbocycles. The van der Waals surface area contributed by atoms with Crippen LogP contribution in [-0.2, 0) is 4.79 Å². The van der Waals surface area contributed by atoms with Gasteiger partial charge in [-0.3, -0.25) is 57.7 Å². The van der Waals surface area contributed by atoms with Gasteiger partial charge in [-0.25, -0.2) is 32.0 Å². The zero-order valence-electron chi connectivity index (χ0n) is 85.4. The number of allylic oxidation sites excluding steroid dienone is 2. The highest BCUT2D eigenvalue weighted by Gasteiger charge is 2.46. The van der Waals surface area contributed by atoms with Crippen LogP contribution in [0.25, 0.3) is 101 Å². The number of benzene rings is 4. The number of aryl methyl sites for hydroxylation is 4. The van der Waals surface area contributed by atoms with Crippen molar-refractivity contribution in [2.24, 2.45) is 5.11 Å². The molecule has 16 heterocycles. The Labute approximate surface area is 840 Å². The second-order valence-electron chi connectivity index (χ2n) is 42.1. The van der Waals surface area contributed by atoms with E-state index in [1.807, 2.05) is 137 Å². The molecule has 1 unspecified atom stereocenters. The normalized spacial score (nSPS) is 17.7. The Bertz CT molecular complexity index is 7070. The van der Waals surface area contributed by atoms with Crippen LogP contribution in [0.3, 0.4) is 0 Å². The monoisotopic (exact) mass is 1940 g/mol. The van der Waals surface area contributed by atoms with E-state index in [0.717, 1.165) is 173 Å². The lowest BCUT2D eigenvalue weighted by molar-refractivity contribution is -0.536. The van der Waals surface area contributed by atoms with Crippen molar-refractivity contribution in [3.63, 3.8) is 0 Å². The van der Waals surface area contributed by atoms with E-state index in [0.29, 0.717) is 68.2 Å². The summed E-state index contributed by atoms with van der Waals surface area (Å²) in [5.41, 5.74) is 20.2. The van der Waals surface area contributed by atoms with Crippen molar-refractivity contribution < 1.29 is 41.4 Å². The maximum absolute atomic E-state index is 13.9. The molecule has 4 N–H and O–H groups in total. The largest absolute Gasteiger partial charge is 0.349 e. The predicted molar refractivity (Wildman–Crippen MR) is 560 cm³/mol. The summed E-state index contributed by atoms with van der Waals surface area (Å²) in [7, 11) is 4.31. The number of imidazole rings is 2. The van der Waals surface area contributed by atoms with Gasteiger partial charge in [0.25, 0.3) is 23.6 Å². The fraction of sp³-hybridized carbons (Fsp3) is 0.353. The van der Waals surface area contributed by atoms with Gasteiger partial charge in [-0.1, -0.05) is 29.0 Å². The number of piperidine rings is 4. The molecule has 4 amide bonds. The molecule has 10 aromatic heterocycles. The topological polar surface area (TPSA) is 248 Å². The molecule has 6 aliphatic rings. The van der Waals surface area contributed by atoms with Gasteiger partial charge < -0.3 is 31.1 Å². The number of pyridine rings is 7. The first-order valence-corrected chi connectivity index (χ1v) is 49.8. The average molecular weight is 1940 g/mol. The lowest BCUT2D eigenvalue weighted by Gasteiger charge is -2.53. The van der Waals surface area contributed by atoms with Gasteiger partial charge in [0, 0.05) is 190 Å². The van der Waals surface area contributed by atoms with Crippen molar-refractivity contribution in [2.45, 2.75) is 227 Å². The molecule has 4 saturated heterocycles. The molecule has 14 aromatic rings. The Morgan fingerprint density at radius 1 is 0.410 bits per heavy atom. The van der Waals surface area contributed by atoms with Crippen LogP contribution in [0.2, 0.25) is 0 Å². The van der Waals surface area contributed by atoms with Crippen LogP contribution in [0, 0.1) is 51.0 Å². The van der Waals surface area contributed by atoms with Gasteiger partial charge in [0.2, 0.25) is 6.04 Å². The van der Waals surface area contributed by atoms with Gasteiger partial charge in [0.15, 0.2) is 6.20 Å². The summed E-state index contributed by atoms with van der Waals surface area (Å²) in [6, 6.07) is 48.6. The number of nitrogens with one attached hydrogen (secondary N) is 4. The van der Waals surface area contributed by atoms with E-state index < -0.39 is 0 Å². The standard InChI is InChI=1S/2C30H34FN5O.2C28H30FN5O/c1-19-14-20(9-11-24(19)31)27-23(8-7-13-32-27)21-10-12-26-33-17-25(36(26)18-21)28(37)34-22-15-29(2,3)35(6)30(4,5)16-22;1-19-14-21(9-10-25(19)31)27-23(8-7-12-32-27)20-11-13-36-26(15-20)24(18-33-36)28(37)34-22-16-29(2,3)35(6)30(4,5)17-22;1-18(2)33-13-10-22(11-14-33)32-28(35)25-16-31-26-9-7-21(17-34(25)26)23-5-4-12-30-27(23)20-6-8-24(29)19(3)15-20;1-18(2)33-12-9-22(10-13-33)32-28(35)24-17-31-34-14-8-20(16-26(24)34)23-5-4-11-30-27(23)21-6-7-25(29)19(3)15-21/h7-14,17-18,22H,15-16H2,1-6H3,(H,34,37);7-15,18,22H,16-17H2,1-6H3,(H,34,37);4-9,12,15-18,22H,10-11,13-14H2,1-3H3,(H,32,35);4-8,11,14-18,22,26H,9-10,12-13H2,1-3H3/p+1. The number of amides is 4. The minimum atomic E-state index is -0.270. The Morgan fingerprint density at radius 3 is 1.17 bits per heavy atom.